The molecule has 0 spiro atoms. The molecule has 178 valence electrons. The van der Waals surface area contributed by atoms with E-state index >= 15 is 0 Å². The molecule has 0 saturated heterocycles. The van der Waals surface area contributed by atoms with Crippen molar-refractivity contribution >= 4 is 17.5 Å². The Labute approximate surface area is 187 Å². The van der Waals surface area contributed by atoms with E-state index in [9.17, 15) is 46.6 Å². The van der Waals surface area contributed by atoms with E-state index in [2.05, 4.69) is 14.8 Å². The number of rotatable bonds is 6. The topological polar surface area (TPSA) is 117 Å². The summed E-state index contributed by atoms with van der Waals surface area (Å²) in [6, 6.07) is 3.68. The number of carbonyl (C=O) groups excluding carboxylic acids is 1. The molecule has 2 aliphatic carbocycles. The molecular weight excluding hydrogens is 470 g/mol. The Morgan fingerprint density at radius 2 is 1.44 bits per heavy atom. The van der Waals surface area contributed by atoms with Crippen molar-refractivity contribution in [2.24, 2.45) is 0 Å². The lowest BCUT2D eigenvalue weighted by atomic mass is 9.96. The van der Waals surface area contributed by atoms with Crippen LogP contribution < -0.4 is 0 Å². The monoisotopic (exact) mass is 484 g/mol. The van der Waals surface area contributed by atoms with Crippen LogP contribution in [0.15, 0.2) is 30.5 Å². The third kappa shape index (κ3) is 3.56. The van der Waals surface area contributed by atoms with Gasteiger partial charge in [0.2, 0.25) is 0 Å². The number of alkyl halides is 6. The number of nitrogens with zero attached hydrogens (tertiary/aromatic N) is 4. The zero-order chi connectivity index (χ0) is 25.1. The molecule has 0 unspecified atom stereocenters. The van der Waals surface area contributed by atoms with Gasteiger partial charge in [0.05, 0.1) is 17.0 Å². The quantitative estimate of drug-likeness (QED) is 0.216. The first-order valence-electron chi connectivity index (χ1n) is 9.89. The Hall–Kier alpha value is -3.60. The van der Waals surface area contributed by atoms with Gasteiger partial charge < -0.3 is 10.6 Å². The van der Waals surface area contributed by atoms with E-state index < -0.39 is 57.6 Å². The van der Waals surface area contributed by atoms with E-state index in [1.807, 2.05) is 0 Å². The van der Waals surface area contributed by atoms with Crippen molar-refractivity contribution in [1.29, 1.82) is 0 Å². The number of halogens is 6. The van der Waals surface area contributed by atoms with Gasteiger partial charge in [-0.25, -0.2) is 9.78 Å². The second-order valence-electron chi connectivity index (χ2n) is 8.27. The maximum absolute atomic E-state index is 13.5. The Balaban J connectivity index is 1.73. The van der Waals surface area contributed by atoms with Crippen LogP contribution in [0.1, 0.15) is 63.5 Å². The molecule has 0 aromatic carbocycles. The third-order valence-electron chi connectivity index (χ3n) is 6.26. The molecule has 2 aromatic heterocycles. The van der Waals surface area contributed by atoms with E-state index in [0.717, 1.165) is 30.5 Å². The average molecular weight is 484 g/mol. The van der Waals surface area contributed by atoms with Crippen molar-refractivity contribution in [3.63, 3.8) is 0 Å². The van der Waals surface area contributed by atoms with Crippen LogP contribution in [0.5, 0.6) is 0 Å². The molecular formula is C21H14F6N4O3. The van der Waals surface area contributed by atoms with E-state index in [-0.39, 0.29) is 36.9 Å². The van der Waals surface area contributed by atoms with E-state index in [0.29, 0.717) is 0 Å². The summed E-state index contributed by atoms with van der Waals surface area (Å²) in [6.07, 6.45) is -9.33. The largest absolute Gasteiger partial charge is 0.478 e. The fourth-order valence-electron chi connectivity index (χ4n) is 3.85. The fourth-order valence-corrected chi connectivity index (χ4v) is 3.85. The van der Waals surface area contributed by atoms with Crippen LogP contribution in [0.25, 0.3) is 5.53 Å². The van der Waals surface area contributed by atoms with Crippen LogP contribution in [0.3, 0.4) is 0 Å². The molecule has 2 fully saturated rings. The van der Waals surface area contributed by atoms with Gasteiger partial charge in [-0.1, -0.05) is 0 Å². The summed E-state index contributed by atoms with van der Waals surface area (Å²) >= 11 is 0. The van der Waals surface area contributed by atoms with Crippen molar-refractivity contribution in [3.8, 4) is 0 Å². The highest BCUT2D eigenvalue weighted by Gasteiger charge is 2.66. The molecule has 0 radical (unpaired) electrons. The minimum atomic E-state index is -4.68. The van der Waals surface area contributed by atoms with Crippen molar-refractivity contribution in [2.45, 2.75) is 48.9 Å². The molecule has 0 atom stereocenters. The summed E-state index contributed by atoms with van der Waals surface area (Å²) in [4.78, 5) is 34.7. The maximum Gasteiger partial charge on any atom is 0.399 e. The number of hydrogen-bond acceptors (Lipinski definition) is 4. The molecule has 34 heavy (non-hydrogen) atoms. The fraction of sp³-hybridized carbons (Fsp3) is 0.381. The summed E-state index contributed by atoms with van der Waals surface area (Å²) in [5, 5.41) is 9.41. The number of carboxylic acid groups (broad SMARTS) is 1. The highest BCUT2D eigenvalue weighted by Crippen LogP contribution is 2.59. The smallest absolute Gasteiger partial charge is 0.399 e. The summed E-state index contributed by atoms with van der Waals surface area (Å²) < 4.78 is 80.4. The molecule has 0 bridgehead atoms. The van der Waals surface area contributed by atoms with Crippen LogP contribution in [-0.4, -0.2) is 49.7 Å². The zero-order valence-corrected chi connectivity index (χ0v) is 17.0. The first-order valence-corrected chi connectivity index (χ1v) is 9.89. The Kier molecular flexibility index (Phi) is 5.16. The Morgan fingerprint density at radius 1 is 0.912 bits per heavy atom. The van der Waals surface area contributed by atoms with Gasteiger partial charge in [0.1, 0.15) is 10.8 Å². The van der Waals surface area contributed by atoms with Gasteiger partial charge in [-0.15, -0.1) is 0 Å². The van der Waals surface area contributed by atoms with Crippen LogP contribution in [0, 0.1) is 0 Å². The first kappa shape index (κ1) is 23.6. The lowest BCUT2D eigenvalue weighted by Gasteiger charge is -2.19. The molecule has 2 aromatic rings. The van der Waals surface area contributed by atoms with Crippen molar-refractivity contribution in [2.75, 3.05) is 0 Å². The number of hydrogen-bond donors (Lipinski definition) is 1. The molecule has 2 saturated carbocycles. The molecule has 0 amide bonds. The molecule has 0 aliphatic heterocycles. The third-order valence-corrected chi connectivity index (χ3v) is 6.26. The normalized spacial score (nSPS) is 18.1. The molecule has 4 rings (SSSR count). The van der Waals surface area contributed by atoms with Gasteiger partial charge in [0, 0.05) is 11.8 Å². The standard InChI is InChI=1S/C21H14F6N4O3/c22-20(23,24)18(5-6-18)12-3-1-10(9-29-12)16(32)15(31-28)14-11(17(33)34)2-4-13(30-14)19(7-8-19)21(25,26)27/h1-4,9H,5-8H2,(H,33,34). The number of Topliss-reactive ketones (excluding diaryl/α,β-unsaturated/α-hetero) is 1. The van der Waals surface area contributed by atoms with Crippen LogP contribution >= 0.6 is 0 Å². The van der Waals surface area contributed by atoms with Gasteiger partial charge in [-0.3, -0.25) is 9.78 Å². The lowest BCUT2D eigenvalue weighted by molar-refractivity contribution is -0.162. The van der Waals surface area contributed by atoms with Crippen molar-refractivity contribution in [3.05, 3.63) is 64.2 Å². The number of aromatic nitrogens is 2. The SMILES string of the molecule is [N-]=[N+]=C(C(=O)c1ccc(C2(C(F)(F)F)CC2)nc1)c1nc(C2(C(F)(F)F)CC2)ccc1C(=O)O. The summed E-state index contributed by atoms with van der Waals surface area (Å²) in [7, 11) is 0. The minimum absolute atomic E-state index is 0.167. The number of aromatic carboxylic acids is 1. The molecule has 7 nitrogen and oxygen atoms in total. The van der Waals surface area contributed by atoms with Gasteiger partial charge in [-0.05, 0) is 49.9 Å². The van der Waals surface area contributed by atoms with Gasteiger partial charge in [0.25, 0.3) is 5.78 Å². The van der Waals surface area contributed by atoms with E-state index in [1.54, 1.807) is 0 Å². The van der Waals surface area contributed by atoms with Gasteiger partial charge >= 0.3 is 24.0 Å². The first-order chi connectivity index (χ1) is 15.8. The molecule has 2 heterocycles. The highest BCUT2D eigenvalue weighted by atomic mass is 19.4. The van der Waals surface area contributed by atoms with Crippen molar-refractivity contribution in [1.82, 2.24) is 9.97 Å². The highest BCUT2D eigenvalue weighted by molar-refractivity contribution is 6.49. The van der Waals surface area contributed by atoms with Crippen LogP contribution in [0.2, 0.25) is 0 Å². The molecule has 1 N–H and O–H groups in total. The minimum Gasteiger partial charge on any atom is -0.478 e. The molecule has 13 heteroatoms. The predicted molar refractivity (Wildman–Crippen MR) is 101 cm³/mol. The summed E-state index contributed by atoms with van der Waals surface area (Å²) in [6.45, 7) is 0. The maximum atomic E-state index is 13.5. The summed E-state index contributed by atoms with van der Waals surface area (Å²) in [5.41, 5.74) is 1.33. The number of ketones is 1. The number of pyridine rings is 2. The second-order valence-corrected chi connectivity index (χ2v) is 8.27. The Bertz CT molecular complexity index is 1240. The van der Waals surface area contributed by atoms with Gasteiger partial charge in [-0.2, -0.15) is 31.1 Å². The Morgan fingerprint density at radius 3 is 1.85 bits per heavy atom. The second kappa shape index (κ2) is 7.45. The summed E-state index contributed by atoms with van der Waals surface area (Å²) in [5.74, 6) is -2.82. The molecule has 2 aliphatic rings. The van der Waals surface area contributed by atoms with Gasteiger partial charge in [0.15, 0.2) is 5.69 Å². The van der Waals surface area contributed by atoms with E-state index in [4.69, 9.17) is 0 Å². The van der Waals surface area contributed by atoms with E-state index in [1.165, 1.54) is 0 Å². The van der Waals surface area contributed by atoms with Crippen LogP contribution in [0.4, 0.5) is 26.3 Å². The number of carbonyl (C=O) groups is 2. The lowest BCUT2D eigenvalue weighted by Crippen LogP contribution is -2.31. The van der Waals surface area contributed by atoms with Crippen LogP contribution in [-0.2, 0) is 10.8 Å². The zero-order valence-electron chi connectivity index (χ0n) is 17.0. The van der Waals surface area contributed by atoms with Crippen molar-refractivity contribution < 1.29 is 45.8 Å². The average Bonchev–Trinajstić information content (AvgIpc) is 3.66. The number of carboxylic acids is 1. The predicted octanol–water partition coefficient (Wildman–Crippen LogP) is 4.26.